The van der Waals surface area contributed by atoms with Crippen molar-refractivity contribution in [3.63, 3.8) is 0 Å². The Morgan fingerprint density at radius 3 is 2.76 bits per heavy atom. The Bertz CT molecular complexity index is 794. The molecule has 0 unspecified atom stereocenters. The highest BCUT2D eigenvalue weighted by Crippen LogP contribution is 2.39. The molecule has 1 aromatic carbocycles. The number of nitrogens with two attached hydrogens (primary N) is 1. The van der Waals surface area contributed by atoms with Crippen LogP contribution in [0.15, 0.2) is 39.5 Å². The lowest BCUT2D eigenvalue weighted by Gasteiger charge is -2.06. The Morgan fingerprint density at radius 1 is 1.29 bits per heavy atom. The third-order valence-corrected chi connectivity index (χ3v) is 4.80. The number of anilines is 1. The van der Waals surface area contributed by atoms with Crippen molar-refractivity contribution in [1.29, 1.82) is 0 Å². The third-order valence-electron chi connectivity index (χ3n) is 3.29. The first-order valence-corrected chi connectivity index (χ1v) is 7.98. The Balaban J connectivity index is 2.21. The Labute approximate surface area is 135 Å². The molecule has 2 heterocycles. The Morgan fingerprint density at radius 2 is 2.10 bits per heavy atom. The first-order chi connectivity index (χ1) is 10.1. The minimum Gasteiger partial charge on any atom is -0.497 e. The summed E-state index contributed by atoms with van der Waals surface area (Å²) in [7, 11) is 3.51. The van der Waals surface area contributed by atoms with Crippen LogP contribution in [0.3, 0.4) is 0 Å². The Kier molecular flexibility index (Phi) is 3.73. The molecule has 0 radical (unpaired) electrons. The van der Waals surface area contributed by atoms with E-state index >= 15 is 0 Å². The predicted molar refractivity (Wildman–Crippen MR) is 90.6 cm³/mol. The molecule has 6 heteroatoms. The number of aryl methyl sites for hydroxylation is 1. The van der Waals surface area contributed by atoms with Gasteiger partial charge in [-0.25, -0.2) is 0 Å². The van der Waals surface area contributed by atoms with E-state index in [0.717, 1.165) is 31.9 Å². The van der Waals surface area contributed by atoms with Gasteiger partial charge in [-0.1, -0.05) is 12.1 Å². The molecule has 0 bridgehead atoms. The van der Waals surface area contributed by atoms with E-state index in [0.29, 0.717) is 5.82 Å². The molecule has 0 aliphatic carbocycles. The van der Waals surface area contributed by atoms with Crippen molar-refractivity contribution < 1.29 is 4.74 Å². The van der Waals surface area contributed by atoms with Gasteiger partial charge in [0.15, 0.2) is 0 Å². The molecule has 108 valence electrons. The second-order valence-electron chi connectivity index (χ2n) is 4.60. The second kappa shape index (κ2) is 5.54. The molecule has 21 heavy (non-hydrogen) atoms. The molecular formula is C15H14BrN3OS. The van der Waals surface area contributed by atoms with Crippen LogP contribution >= 0.6 is 27.3 Å². The number of ether oxygens (including phenoxy) is 1. The molecule has 3 rings (SSSR count). The molecule has 0 saturated carbocycles. The molecule has 0 fully saturated rings. The van der Waals surface area contributed by atoms with E-state index in [4.69, 9.17) is 10.5 Å². The van der Waals surface area contributed by atoms with Gasteiger partial charge in [0.05, 0.1) is 16.5 Å². The minimum atomic E-state index is 0.639. The van der Waals surface area contributed by atoms with Crippen LogP contribution < -0.4 is 10.5 Å². The van der Waals surface area contributed by atoms with Crippen LogP contribution in [0.2, 0.25) is 0 Å². The maximum atomic E-state index is 6.22. The van der Waals surface area contributed by atoms with E-state index in [1.54, 1.807) is 23.1 Å². The lowest BCUT2D eigenvalue weighted by molar-refractivity contribution is 0.415. The summed E-state index contributed by atoms with van der Waals surface area (Å²) in [5.74, 6) is 1.44. The number of methoxy groups -OCH3 is 1. The number of aromatic nitrogens is 2. The maximum absolute atomic E-state index is 6.22. The average Bonchev–Trinajstić information content (AvgIpc) is 3.04. The van der Waals surface area contributed by atoms with Gasteiger partial charge in [-0.2, -0.15) is 5.10 Å². The van der Waals surface area contributed by atoms with Gasteiger partial charge < -0.3 is 10.5 Å². The number of thiophene rings is 1. The van der Waals surface area contributed by atoms with Gasteiger partial charge in [0.2, 0.25) is 0 Å². The van der Waals surface area contributed by atoms with E-state index in [1.807, 2.05) is 31.3 Å². The number of nitrogens with zero attached hydrogens (tertiary/aromatic N) is 2. The van der Waals surface area contributed by atoms with Crippen molar-refractivity contribution in [3.8, 4) is 28.1 Å². The SMILES string of the molecule is COc1cccc(-c2c(-c3csc(Br)c3)nn(C)c2N)c1. The van der Waals surface area contributed by atoms with E-state index < -0.39 is 0 Å². The van der Waals surface area contributed by atoms with Crippen LogP contribution in [0.1, 0.15) is 0 Å². The summed E-state index contributed by atoms with van der Waals surface area (Å²) < 4.78 is 8.07. The summed E-state index contributed by atoms with van der Waals surface area (Å²) in [6, 6.07) is 9.90. The van der Waals surface area contributed by atoms with Crippen molar-refractivity contribution in [1.82, 2.24) is 9.78 Å². The first kappa shape index (κ1) is 14.2. The zero-order chi connectivity index (χ0) is 15.0. The fourth-order valence-corrected chi connectivity index (χ4v) is 3.38. The molecule has 0 amide bonds. The molecule has 0 aliphatic heterocycles. The van der Waals surface area contributed by atoms with Crippen LogP contribution in [-0.2, 0) is 7.05 Å². The van der Waals surface area contributed by atoms with E-state index in [1.165, 1.54) is 0 Å². The number of halogens is 1. The van der Waals surface area contributed by atoms with Gasteiger partial charge in [0.25, 0.3) is 0 Å². The molecule has 0 atom stereocenters. The molecule has 3 aromatic rings. The third kappa shape index (κ3) is 2.56. The monoisotopic (exact) mass is 363 g/mol. The standard InChI is InChI=1S/C15H14BrN3OS/c1-19-15(17)13(9-4-3-5-11(6-9)20-2)14(18-19)10-7-12(16)21-8-10/h3-8H,17H2,1-2H3. The van der Waals surface area contributed by atoms with Crippen LogP contribution in [0.5, 0.6) is 5.75 Å². The number of hydrogen-bond donors (Lipinski definition) is 1. The minimum absolute atomic E-state index is 0.639. The molecule has 2 aromatic heterocycles. The molecule has 4 nitrogen and oxygen atoms in total. The number of rotatable bonds is 3. The highest BCUT2D eigenvalue weighted by molar-refractivity contribution is 9.11. The average molecular weight is 364 g/mol. The fourth-order valence-electron chi connectivity index (χ4n) is 2.24. The zero-order valence-electron chi connectivity index (χ0n) is 11.6. The summed E-state index contributed by atoms with van der Waals surface area (Å²) in [4.78, 5) is 0. The fraction of sp³-hybridized carbons (Fsp3) is 0.133. The summed E-state index contributed by atoms with van der Waals surface area (Å²) in [6.45, 7) is 0. The molecule has 0 saturated heterocycles. The summed E-state index contributed by atoms with van der Waals surface area (Å²) in [6.07, 6.45) is 0. The van der Waals surface area contributed by atoms with Crippen molar-refractivity contribution in [2.75, 3.05) is 12.8 Å². The van der Waals surface area contributed by atoms with Crippen molar-refractivity contribution in [3.05, 3.63) is 39.5 Å². The maximum Gasteiger partial charge on any atom is 0.129 e. The highest BCUT2D eigenvalue weighted by atomic mass is 79.9. The van der Waals surface area contributed by atoms with E-state index in [2.05, 4.69) is 32.5 Å². The van der Waals surface area contributed by atoms with Crippen molar-refractivity contribution >= 4 is 33.1 Å². The molecular weight excluding hydrogens is 350 g/mol. The van der Waals surface area contributed by atoms with Gasteiger partial charge in [-0.15, -0.1) is 11.3 Å². The summed E-state index contributed by atoms with van der Waals surface area (Å²) in [5, 5.41) is 6.63. The quantitative estimate of drug-likeness (QED) is 0.759. The van der Waals surface area contributed by atoms with Crippen LogP contribution in [0.4, 0.5) is 5.82 Å². The molecule has 0 spiro atoms. The lowest BCUT2D eigenvalue weighted by atomic mass is 10.0. The zero-order valence-corrected chi connectivity index (χ0v) is 14.0. The lowest BCUT2D eigenvalue weighted by Crippen LogP contribution is -1.98. The van der Waals surface area contributed by atoms with Gasteiger partial charge >= 0.3 is 0 Å². The number of nitrogen functional groups attached to an aromatic ring is 1. The smallest absolute Gasteiger partial charge is 0.129 e. The van der Waals surface area contributed by atoms with Gasteiger partial charge in [-0.05, 0) is 39.7 Å². The van der Waals surface area contributed by atoms with E-state index in [9.17, 15) is 0 Å². The van der Waals surface area contributed by atoms with Crippen LogP contribution in [-0.4, -0.2) is 16.9 Å². The topological polar surface area (TPSA) is 53.1 Å². The summed E-state index contributed by atoms with van der Waals surface area (Å²) >= 11 is 5.12. The van der Waals surface area contributed by atoms with Crippen molar-refractivity contribution in [2.24, 2.45) is 7.05 Å². The Hall–Kier alpha value is -1.79. The van der Waals surface area contributed by atoms with Crippen LogP contribution in [0.25, 0.3) is 22.4 Å². The first-order valence-electron chi connectivity index (χ1n) is 6.31. The highest BCUT2D eigenvalue weighted by Gasteiger charge is 2.18. The number of benzene rings is 1. The van der Waals surface area contributed by atoms with Gasteiger partial charge in [-0.3, -0.25) is 4.68 Å². The molecule has 0 aliphatic rings. The van der Waals surface area contributed by atoms with Gasteiger partial charge in [0, 0.05) is 18.0 Å². The van der Waals surface area contributed by atoms with Crippen LogP contribution in [0, 0.1) is 0 Å². The normalized spacial score (nSPS) is 10.8. The summed E-state index contributed by atoms with van der Waals surface area (Å²) in [5.41, 5.74) is 10.1. The van der Waals surface area contributed by atoms with Gasteiger partial charge in [0.1, 0.15) is 17.3 Å². The number of hydrogen-bond acceptors (Lipinski definition) is 4. The second-order valence-corrected chi connectivity index (χ2v) is 6.89. The van der Waals surface area contributed by atoms with E-state index in [-0.39, 0.29) is 0 Å². The largest absolute Gasteiger partial charge is 0.497 e. The predicted octanol–water partition coefficient (Wildman–Crippen LogP) is 4.17. The molecule has 2 N–H and O–H groups in total. The van der Waals surface area contributed by atoms with Crippen molar-refractivity contribution in [2.45, 2.75) is 0 Å².